The number of imide groups is 1. The normalized spacial score (nSPS) is 18.1. The van der Waals surface area contributed by atoms with Crippen LogP contribution in [0.25, 0.3) is 0 Å². The predicted molar refractivity (Wildman–Crippen MR) is 107 cm³/mol. The van der Waals surface area contributed by atoms with Crippen molar-refractivity contribution in [2.75, 3.05) is 18.0 Å². The lowest BCUT2D eigenvalue weighted by atomic mass is 9.99. The minimum atomic E-state index is -0.610. The molecule has 27 heavy (non-hydrogen) atoms. The number of urea groups is 1. The van der Waals surface area contributed by atoms with Gasteiger partial charge in [-0.15, -0.1) is 0 Å². The Balaban J connectivity index is 1.97. The monoisotopic (exact) mass is 373 g/mol. The molecule has 1 aliphatic rings. The predicted octanol–water partition coefficient (Wildman–Crippen LogP) is 3.48. The first-order valence-electron chi connectivity index (χ1n) is 9.86. The second kappa shape index (κ2) is 9.53. The summed E-state index contributed by atoms with van der Waals surface area (Å²) < 4.78 is 0. The Morgan fingerprint density at radius 2 is 1.85 bits per heavy atom. The number of carbonyl (C=O) groups is 3. The maximum Gasteiger partial charge on any atom is 0.332 e. The Morgan fingerprint density at radius 3 is 2.44 bits per heavy atom. The molecule has 0 unspecified atom stereocenters. The molecule has 0 spiro atoms. The summed E-state index contributed by atoms with van der Waals surface area (Å²) in [5.74, 6) is -0.194. The van der Waals surface area contributed by atoms with Crippen LogP contribution in [0.15, 0.2) is 24.3 Å². The van der Waals surface area contributed by atoms with Gasteiger partial charge in [-0.3, -0.25) is 19.4 Å². The zero-order valence-electron chi connectivity index (χ0n) is 16.8. The molecule has 148 valence electrons. The first-order valence-corrected chi connectivity index (χ1v) is 9.86. The van der Waals surface area contributed by atoms with E-state index in [9.17, 15) is 14.4 Å². The fourth-order valence-electron chi connectivity index (χ4n) is 3.31. The number of nitrogens with one attached hydrogen (secondary N) is 1. The molecule has 6 heteroatoms. The van der Waals surface area contributed by atoms with E-state index >= 15 is 0 Å². The number of unbranched alkanes of at least 4 members (excludes halogenated alkanes) is 1. The van der Waals surface area contributed by atoms with Crippen molar-refractivity contribution < 1.29 is 14.4 Å². The summed E-state index contributed by atoms with van der Waals surface area (Å²) in [5, 5.41) is 2.88. The molecule has 0 saturated carbocycles. The van der Waals surface area contributed by atoms with Crippen LogP contribution in [-0.4, -0.2) is 41.9 Å². The molecular formula is C21H31N3O3. The number of hydrogen-bond donors (Lipinski definition) is 1. The molecule has 2 rings (SSSR count). The summed E-state index contributed by atoms with van der Waals surface area (Å²) in [7, 11) is 0. The quantitative estimate of drug-likeness (QED) is 0.674. The molecule has 0 radical (unpaired) electrons. The third-order valence-corrected chi connectivity index (χ3v) is 5.19. The van der Waals surface area contributed by atoms with Gasteiger partial charge in [-0.1, -0.05) is 50.8 Å². The smallest absolute Gasteiger partial charge is 0.332 e. The van der Waals surface area contributed by atoms with Gasteiger partial charge in [0, 0.05) is 12.2 Å². The van der Waals surface area contributed by atoms with E-state index in [1.807, 2.05) is 31.2 Å². The van der Waals surface area contributed by atoms with Gasteiger partial charge in [0.05, 0.1) is 0 Å². The molecule has 1 heterocycles. The van der Waals surface area contributed by atoms with Crippen LogP contribution in [0.1, 0.15) is 52.0 Å². The van der Waals surface area contributed by atoms with Gasteiger partial charge in [0.1, 0.15) is 12.6 Å². The van der Waals surface area contributed by atoms with Crippen LogP contribution >= 0.6 is 0 Å². The van der Waals surface area contributed by atoms with Crippen LogP contribution in [-0.2, 0) is 9.59 Å². The van der Waals surface area contributed by atoms with Crippen molar-refractivity contribution in [1.82, 2.24) is 10.2 Å². The summed E-state index contributed by atoms with van der Waals surface area (Å²) in [6.45, 7) is 8.27. The van der Waals surface area contributed by atoms with Crippen molar-refractivity contribution in [1.29, 1.82) is 0 Å². The van der Waals surface area contributed by atoms with E-state index in [1.54, 1.807) is 6.92 Å². The van der Waals surface area contributed by atoms with E-state index in [0.717, 1.165) is 36.1 Å². The van der Waals surface area contributed by atoms with E-state index < -0.39 is 12.1 Å². The number of hydrogen-bond acceptors (Lipinski definition) is 3. The van der Waals surface area contributed by atoms with Gasteiger partial charge >= 0.3 is 6.03 Å². The van der Waals surface area contributed by atoms with Crippen molar-refractivity contribution in [3.63, 3.8) is 0 Å². The van der Waals surface area contributed by atoms with E-state index in [-0.39, 0.29) is 18.4 Å². The fraction of sp³-hybridized carbons (Fsp3) is 0.571. The van der Waals surface area contributed by atoms with Gasteiger partial charge in [0.15, 0.2) is 0 Å². The van der Waals surface area contributed by atoms with E-state index in [1.165, 1.54) is 4.90 Å². The van der Waals surface area contributed by atoms with Crippen LogP contribution < -0.4 is 10.2 Å². The lowest BCUT2D eigenvalue weighted by molar-refractivity contribution is -0.131. The van der Waals surface area contributed by atoms with Crippen LogP contribution in [0, 0.1) is 12.8 Å². The summed E-state index contributed by atoms with van der Waals surface area (Å²) in [6.07, 6.45) is 4.35. The molecule has 1 aliphatic heterocycles. The minimum absolute atomic E-state index is 0.228. The zero-order valence-corrected chi connectivity index (χ0v) is 16.8. The second-order valence-electron chi connectivity index (χ2n) is 7.31. The SMILES string of the molecule is CCCC[C@H](CC)CNC(=O)CN1C(=O)[C@H](C)N(c2ccc(C)cc2)C1=O. The number of anilines is 1. The molecule has 2 atom stereocenters. The van der Waals surface area contributed by atoms with Crippen molar-refractivity contribution in [3.05, 3.63) is 29.8 Å². The first kappa shape index (κ1) is 20.9. The highest BCUT2D eigenvalue weighted by Gasteiger charge is 2.43. The van der Waals surface area contributed by atoms with Crippen molar-refractivity contribution in [3.8, 4) is 0 Å². The van der Waals surface area contributed by atoms with Crippen LogP contribution in [0.2, 0.25) is 0 Å². The fourth-order valence-corrected chi connectivity index (χ4v) is 3.31. The Bertz CT molecular complexity index is 672. The van der Waals surface area contributed by atoms with Gasteiger partial charge in [-0.2, -0.15) is 0 Å². The number of carbonyl (C=O) groups excluding carboxylic acids is 3. The van der Waals surface area contributed by atoms with E-state index in [0.29, 0.717) is 18.2 Å². The van der Waals surface area contributed by atoms with Gasteiger partial charge in [0.25, 0.3) is 5.91 Å². The van der Waals surface area contributed by atoms with E-state index in [2.05, 4.69) is 19.2 Å². The minimum Gasteiger partial charge on any atom is -0.354 e. The number of benzene rings is 1. The van der Waals surface area contributed by atoms with Gasteiger partial charge < -0.3 is 5.32 Å². The maximum absolute atomic E-state index is 12.7. The molecule has 0 aliphatic carbocycles. The zero-order chi connectivity index (χ0) is 20.0. The topological polar surface area (TPSA) is 69.7 Å². The number of amides is 4. The van der Waals surface area contributed by atoms with Crippen LogP contribution in [0.4, 0.5) is 10.5 Å². The molecule has 6 nitrogen and oxygen atoms in total. The van der Waals surface area contributed by atoms with Crippen molar-refractivity contribution >= 4 is 23.5 Å². The molecule has 1 N–H and O–H groups in total. The lowest BCUT2D eigenvalue weighted by Crippen LogP contribution is -2.42. The number of aryl methyl sites for hydroxylation is 1. The maximum atomic E-state index is 12.7. The summed E-state index contributed by atoms with van der Waals surface area (Å²) in [6, 6.07) is 6.39. The number of nitrogens with zero attached hydrogens (tertiary/aromatic N) is 2. The van der Waals surface area contributed by atoms with Crippen LogP contribution in [0.5, 0.6) is 0 Å². The van der Waals surface area contributed by atoms with Gasteiger partial charge in [0.2, 0.25) is 5.91 Å². The standard InChI is InChI=1S/C21H31N3O3/c1-5-7-8-17(6-2)13-22-19(25)14-23-20(26)16(4)24(21(23)27)18-11-9-15(3)10-12-18/h9-12,16-17H,5-8,13-14H2,1-4H3,(H,22,25)/t16-,17-/m0/s1. The molecular weight excluding hydrogens is 342 g/mol. The third-order valence-electron chi connectivity index (χ3n) is 5.19. The highest BCUT2D eigenvalue weighted by Crippen LogP contribution is 2.25. The molecule has 1 fully saturated rings. The Morgan fingerprint density at radius 1 is 1.19 bits per heavy atom. The summed E-state index contributed by atoms with van der Waals surface area (Å²) in [5.41, 5.74) is 1.74. The lowest BCUT2D eigenvalue weighted by Gasteiger charge is -2.20. The first-order chi connectivity index (χ1) is 12.9. The number of rotatable bonds is 9. The van der Waals surface area contributed by atoms with Crippen molar-refractivity contribution in [2.45, 2.75) is 59.4 Å². The van der Waals surface area contributed by atoms with Gasteiger partial charge in [-0.05, 0) is 38.3 Å². The Hall–Kier alpha value is -2.37. The summed E-state index contributed by atoms with van der Waals surface area (Å²) >= 11 is 0. The molecule has 0 aromatic heterocycles. The molecule has 1 saturated heterocycles. The third kappa shape index (κ3) is 5.08. The Labute approximate surface area is 161 Å². The second-order valence-corrected chi connectivity index (χ2v) is 7.31. The summed E-state index contributed by atoms with van der Waals surface area (Å²) in [4.78, 5) is 40.1. The van der Waals surface area contributed by atoms with Crippen molar-refractivity contribution in [2.24, 2.45) is 5.92 Å². The van der Waals surface area contributed by atoms with Crippen LogP contribution in [0.3, 0.4) is 0 Å². The van der Waals surface area contributed by atoms with Gasteiger partial charge in [-0.25, -0.2) is 4.79 Å². The highest BCUT2D eigenvalue weighted by molar-refractivity contribution is 6.15. The Kier molecular flexibility index (Phi) is 7.39. The highest BCUT2D eigenvalue weighted by atomic mass is 16.2. The largest absolute Gasteiger partial charge is 0.354 e. The van der Waals surface area contributed by atoms with E-state index in [4.69, 9.17) is 0 Å². The molecule has 1 aromatic carbocycles. The average Bonchev–Trinajstić information content (AvgIpc) is 2.86. The average molecular weight is 373 g/mol. The molecule has 4 amide bonds. The molecule has 1 aromatic rings. The molecule has 0 bridgehead atoms.